The van der Waals surface area contributed by atoms with E-state index in [0.717, 1.165) is 48.3 Å². The number of hydrogen-bond acceptors (Lipinski definition) is 8. The van der Waals surface area contributed by atoms with Crippen LogP contribution in [-0.4, -0.2) is 55.2 Å². The van der Waals surface area contributed by atoms with E-state index in [2.05, 4.69) is 39.5 Å². The van der Waals surface area contributed by atoms with E-state index in [1.165, 1.54) is 35.3 Å². The number of ether oxygens (including phenoxy) is 2. The van der Waals surface area contributed by atoms with Gasteiger partial charge in [-0.1, -0.05) is 24.3 Å². The summed E-state index contributed by atoms with van der Waals surface area (Å²) in [6.07, 6.45) is 0.142. The van der Waals surface area contributed by atoms with E-state index in [1.54, 1.807) is 6.07 Å². The highest BCUT2D eigenvalue weighted by Crippen LogP contribution is 2.29. The van der Waals surface area contributed by atoms with Gasteiger partial charge in [0.2, 0.25) is 5.91 Å². The fraction of sp³-hybridized carbons (Fsp3) is 0.348. The van der Waals surface area contributed by atoms with E-state index < -0.39 is 5.97 Å². The van der Waals surface area contributed by atoms with E-state index >= 15 is 0 Å². The van der Waals surface area contributed by atoms with Crippen molar-refractivity contribution < 1.29 is 19.1 Å². The molecule has 1 fully saturated rings. The maximum Gasteiger partial charge on any atom is 0.340 e. The number of rotatable bonds is 7. The fourth-order valence-corrected chi connectivity index (χ4v) is 5.24. The van der Waals surface area contributed by atoms with Gasteiger partial charge in [0.15, 0.2) is 0 Å². The lowest BCUT2D eigenvalue weighted by Crippen LogP contribution is -2.35. The third-order valence-electron chi connectivity index (χ3n) is 5.12. The van der Waals surface area contributed by atoms with Gasteiger partial charge in [-0.05, 0) is 18.6 Å². The quantitative estimate of drug-likeness (QED) is 0.525. The number of methoxy groups -OCH3 is 1. The maximum atomic E-state index is 12.5. The van der Waals surface area contributed by atoms with Crippen molar-refractivity contribution in [3.05, 3.63) is 57.4 Å². The summed E-state index contributed by atoms with van der Waals surface area (Å²) in [5, 5.41) is 6.11. The monoisotopic (exact) mass is 471 g/mol. The number of hydrogen-bond donors (Lipinski definition) is 1. The molecule has 1 aliphatic heterocycles. The van der Waals surface area contributed by atoms with Gasteiger partial charge in [0.1, 0.15) is 10.0 Å². The fourth-order valence-electron chi connectivity index (χ4n) is 3.49. The van der Waals surface area contributed by atoms with Gasteiger partial charge in [-0.2, -0.15) is 0 Å². The molecule has 168 valence electrons. The van der Waals surface area contributed by atoms with Crippen molar-refractivity contribution >= 4 is 39.6 Å². The number of aryl methyl sites for hydroxylation is 1. The summed E-state index contributed by atoms with van der Waals surface area (Å²) in [6.45, 7) is 6.32. The molecule has 7 nitrogen and oxygen atoms in total. The predicted octanol–water partition coefficient (Wildman–Crippen LogP) is 3.98. The highest BCUT2D eigenvalue weighted by molar-refractivity contribution is 7.16. The number of carbonyl (C=O) groups is 2. The minimum atomic E-state index is -0.460. The Balaban J connectivity index is 1.36. The molecule has 32 heavy (non-hydrogen) atoms. The minimum Gasteiger partial charge on any atom is -0.465 e. The number of thiazole rings is 1. The van der Waals surface area contributed by atoms with Crippen LogP contribution in [0.5, 0.6) is 0 Å². The molecular weight excluding hydrogens is 446 g/mol. The zero-order valence-corrected chi connectivity index (χ0v) is 19.7. The summed E-state index contributed by atoms with van der Waals surface area (Å²) in [6, 6.07) is 10.1. The number of nitrogens with zero attached hydrogens (tertiary/aromatic N) is 2. The number of morpholine rings is 1. The number of aromatic nitrogens is 1. The number of nitrogens with one attached hydrogen (secondary N) is 1. The lowest BCUT2D eigenvalue weighted by atomic mass is 10.1. The number of anilines is 1. The second-order valence-corrected chi connectivity index (χ2v) is 9.66. The Morgan fingerprint density at radius 3 is 2.69 bits per heavy atom. The molecule has 4 rings (SSSR count). The first-order valence-corrected chi connectivity index (χ1v) is 12.0. The smallest absolute Gasteiger partial charge is 0.340 e. The first-order chi connectivity index (χ1) is 15.5. The van der Waals surface area contributed by atoms with Crippen LogP contribution >= 0.6 is 22.7 Å². The molecule has 0 unspecified atom stereocenters. The number of carbonyl (C=O) groups excluding carboxylic acids is 2. The molecule has 9 heteroatoms. The summed E-state index contributed by atoms with van der Waals surface area (Å²) in [5.74, 6) is -0.674. The molecule has 1 N–H and O–H groups in total. The van der Waals surface area contributed by atoms with E-state index in [0.29, 0.717) is 16.3 Å². The van der Waals surface area contributed by atoms with Crippen LogP contribution in [0, 0.1) is 6.92 Å². The Bertz CT molecular complexity index is 1090. The van der Waals surface area contributed by atoms with Gasteiger partial charge >= 0.3 is 5.97 Å². The predicted molar refractivity (Wildman–Crippen MR) is 126 cm³/mol. The largest absolute Gasteiger partial charge is 0.465 e. The van der Waals surface area contributed by atoms with E-state index in [1.807, 2.05) is 12.3 Å². The molecule has 3 aromatic rings. The van der Waals surface area contributed by atoms with Crippen LogP contribution in [-0.2, 0) is 27.2 Å². The SMILES string of the molecule is COC(=O)c1cc(C)sc1NC(=O)Cc1csc(-c2ccc(CN3CCOCC3)cc2)n1. The first-order valence-electron chi connectivity index (χ1n) is 10.3. The summed E-state index contributed by atoms with van der Waals surface area (Å²) < 4.78 is 10.2. The summed E-state index contributed by atoms with van der Waals surface area (Å²) in [5.41, 5.74) is 3.38. The van der Waals surface area contributed by atoms with Crippen LogP contribution in [0.4, 0.5) is 5.00 Å². The van der Waals surface area contributed by atoms with Gasteiger partial charge in [-0.15, -0.1) is 22.7 Å². The van der Waals surface area contributed by atoms with Gasteiger partial charge in [0.05, 0.1) is 38.0 Å². The zero-order valence-electron chi connectivity index (χ0n) is 18.1. The molecular formula is C23H25N3O4S2. The number of amides is 1. The Labute approximate surface area is 195 Å². The molecule has 0 atom stereocenters. The Morgan fingerprint density at radius 2 is 1.97 bits per heavy atom. The van der Waals surface area contributed by atoms with Crippen molar-refractivity contribution in [3.63, 3.8) is 0 Å². The average Bonchev–Trinajstić information content (AvgIpc) is 3.40. The molecule has 1 aromatic carbocycles. The molecule has 1 aliphatic rings. The molecule has 0 radical (unpaired) electrons. The minimum absolute atomic E-state index is 0.142. The Morgan fingerprint density at radius 1 is 1.22 bits per heavy atom. The van der Waals surface area contributed by atoms with E-state index in [9.17, 15) is 9.59 Å². The lowest BCUT2D eigenvalue weighted by molar-refractivity contribution is -0.115. The number of esters is 1. The molecule has 0 saturated carbocycles. The normalized spacial score (nSPS) is 14.3. The van der Waals surface area contributed by atoms with E-state index in [-0.39, 0.29) is 12.3 Å². The van der Waals surface area contributed by atoms with Crippen LogP contribution in [0.1, 0.15) is 26.5 Å². The summed E-state index contributed by atoms with van der Waals surface area (Å²) in [4.78, 5) is 32.4. The number of benzene rings is 1. The molecule has 1 amide bonds. The number of thiophene rings is 1. The van der Waals surface area contributed by atoms with Crippen LogP contribution in [0.25, 0.3) is 10.6 Å². The van der Waals surface area contributed by atoms with Crippen molar-refractivity contribution in [3.8, 4) is 10.6 Å². The van der Waals surface area contributed by atoms with Crippen LogP contribution in [0.2, 0.25) is 0 Å². The highest BCUT2D eigenvalue weighted by atomic mass is 32.1. The highest BCUT2D eigenvalue weighted by Gasteiger charge is 2.18. The van der Waals surface area contributed by atoms with Gasteiger partial charge in [-0.3, -0.25) is 9.69 Å². The zero-order chi connectivity index (χ0) is 22.5. The molecule has 0 aliphatic carbocycles. The molecule has 3 heterocycles. The van der Waals surface area contributed by atoms with Crippen molar-refractivity contribution in [2.45, 2.75) is 19.9 Å². The van der Waals surface area contributed by atoms with Crippen molar-refractivity contribution in [1.82, 2.24) is 9.88 Å². The molecule has 0 bridgehead atoms. The third-order valence-corrected chi connectivity index (χ3v) is 7.02. The molecule has 2 aromatic heterocycles. The van der Waals surface area contributed by atoms with E-state index in [4.69, 9.17) is 9.47 Å². The topological polar surface area (TPSA) is 80.8 Å². The van der Waals surface area contributed by atoms with Crippen LogP contribution < -0.4 is 5.32 Å². The Kier molecular flexibility index (Phi) is 7.31. The van der Waals surface area contributed by atoms with Gasteiger partial charge in [-0.25, -0.2) is 9.78 Å². The first kappa shape index (κ1) is 22.6. The average molecular weight is 472 g/mol. The van der Waals surface area contributed by atoms with Crippen molar-refractivity contribution in [2.75, 3.05) is 38.7 Å². The van der Waals surface area contributed by atoms with Crippen LogP contribution in [0.3, 0.4) is 0 Å². The van der Waals surface area contributed by atoms with Crippen molar-refractivity contribution in [1.29, 1.82) is 0 Å². The standard InChI is InChI=1S/C23H25N3O4S2/c1-15-11-19(23(28)29-2)22(32-15)25-20(27)12-18-14-31-21(24-18)17-5-3-16(4-6-17)13-26-7-9-30-10-8-26/h3-6,11,14H,7-10,12-13H2,1-2H3,(H,25,27). The summed E-state index contributed by atoms with van der Waals surface area (Å²) in [7, 11) is 1.33. The third kappa shape index (κ3) is 5.60. The Hall–Kier alpha value is -2.59. The lowest BCUT2D eigenvalue weighted by Gasteiger charge is -2.26. The summed E-state index contributed by atoms with van der Waals surface area (Å²) >= 11 is 2.87. The maximum absolute atomic E-state index is 12.5. The van der Waals surface area contributed by atoms with Crippen LogP contribution in [0.15, 0.2) is 35.7 Å². The van der Waals surface area contributed by atoms with Gasteiger partial charge in [0.25, 0.3) is 0 Å². The second kappa shape index (κ2) is 10.4. The molecule has 0 spiro atoms. The van der Waals surface area contributed by atoms with Gasteiger partial charge in [0, 0.05) is 35.5 Å². The van der Waals surface area contributed by atoms with Gasteiger partial charge < -0.3 is 14.8 Å². The second-order valence-electron chi connectivity index (χ2n) is 7.55. The van der Waals surface area contributed by atoms with Crippen molar-refractivity contribution in [2.24, 2.45) is 0 Å². The molecule has 1 saturated heterocycles.